The maximum absolute atomic E-state index is 13.3. The Balaban J connectivity index is 2.83. The summed E-state index contributed by atoms with van der Waals surface area (Å²) in [6, 6.07) is 7.20. The van der Waals surface area contributed by atoms with Crippen LogP contribution in [0.3, 0.4) is 0 Å². The van der Waals surface area contributed by atoms with E-state index in [4.69, 9.17) is 9.05 Å². The molecule has 0 bridgehead atoms. The van der Waals surface area contributed by atoms with Crippen LogP contribution in [0.5, 0.6) is 5.75 Å². The molecule has 2 aromatic rings. The number of nitrogens with zero attached hydrogens (tertiary/aromatic N) is 2. The zero-order valence-electron chi connectivity index (χ0n) is 14.1. The van der Waals surface area contributed by atoms with Crippen molar-refractivity contribution in [2.24, 2.45) is 0 Å². The molecule has 2 aromatic carbocycles. The second-order valence-corrected chi connectivity index (χ2v) is 7.08. The Kier molecular flexibility index (Phi) is 6.05. The van der Waals surface area contributed by atoms with Gasteiger partial charge in [0.15, 0.2) is 0 Å². The first-order chi connectivity index (χ1) is 13.0. The van der Waals surface area contributed by atoms with Gasteiger partial charge in [0, 0.05) is 12.1 Å². The summed E-state index contributed by atoms with van der Waals surface area (Å²) in [5, 5.41) is 21.6. The molecular weight excluding hydrogens is 408 g/mol. The van der Waals surface area contributed by atoms with Crippen LogP contribution < -0.4 is 9.83 Å². The minimum absolute atomic E-state index is 0.0579. The van der Waals surface area contributed by atoms with Gasteiger partial charge in [0.25, 0.3) is 11.4 Å². The van der Waals surface area contributed by atoms with E-state index < -0.39 is 45.9 Å². The van der Waals surface area contributed by atoms with Gasteiger partial charge in [0.1, 0.15) is 5.75 Å². The minimum Gasteiger partial charge on any atom is -0.421 e. The number of benzene rings is 2. The average Bonchev–Trinajstić information content (AvgIpc) is 2.60. The van der Waals surface area contributed by atoms with Gasteiger partial charge in [-0.3, -0.25) is 24.8 Å². The lowest BCUT2D eigenvalue weighted by atomic mass is 10.1. The molecule has 13 heteroatoms. The van der Waals surface area contributed by atoms with Crippen LogP contribution in [-0.2, 0) is 15.3 Å². The molecular formula is C15H12F3N2O7P. The Morgan fingerprint density at radius 1 is 1.04 bits per heavy atom. The third kappa shape index (κ3) is 4.46. The molecule has 28 heavy (non-hydrogen) atoms. The van der Waals surface area contributed by atoms with E-state index in [2.05, 4.69) is 0 Å². The summed E-state index contributed by atoms with van der Waals surface area (Å²) in [6.07, 6.45) is -5.11. The third-order valence-electron chi connectivity index (χ3n) is 3.33. The summed E-state index contributed by atoms with van der Waals surface area (Å²) in [5.41, 5.74) is -4.43. The largest absolute Gasteiger partial charge is 0.424 e. The van der Waals surface area contributed by atoms with Crippen LogP contribution in [-0.4, -0.2) is 16.5 Å². The van der Waals surface area contributed by atoms with E-state index in [-0.39, 0.29) is 24.5 Å². The lowest BCUT2D eigenvalue weighted by molar-refractivity contribution is -0.392. The highest BCUT2D eigenvalue weighted by atomic mass is 31.2. The molecule has 0 amide bonds. The summed E-state index contributed by atoms with van der Waals surface area (Å²) in [4.78, 5) is 20.1. The molecule has 0 aliphatic carbocycles. The van der Waals surface area contributed by atoms with E-state index in [9.17, 15) is 38.0 Å². The Labute approximate surface area is 155 Å². The predicted octanol–water partition coefficient (Wildman–Crippen LogP) is 4.46. The Hall–Kier alpha value is -2.98. The highest BCUT2D eigenvalue weighted by Gasteiger charge is 2.47. The van der Waals surface area contributed by atoms with Gasteiger partial charge in [0.2, 0.25) is 5.30 Å². The molecule has 150 valence electrons. The molecule has 0 aromatic heterocycles. The van der Waals surface area contributed by atoms with E-state index in [1.807, 2.05) is 0 Å². The molecule has 0 spiro atoms. The number of halogens is 3. The second kappa shape index (κ2) is 7.95. The number of para-hydroxylation sites is 1. The monoisotopic (exact) mass is 420 g/mol. The second-order valence-electron chi connectivity index (χ2n) is 5.19. The van der Waals surface area contributed by atoms with Gasteiger partial charge in [-0.05, 0) is 19.1 Å². The zero-order valence-corrected chi connectivity index (χ0v) is 15.0. The quantitative estimate of drug-likeness (QED) is 0.368. The molecule has 0 fully saturated rings. The zero-order chi connectivity index (χ0) is 21.1. The molecule has 0 heterocycles. The van der Waals surface area contributed by atoms with Gasteiger partial charge in [-0.2, -0.15) is 13.2 Å². The number of nitro benzene ring substituents is 2. The van der Waals surface area contributed by atoms with Crippen LogP contribution in [0.1, 0.15) is 12.5 Å². The van der Waals surface area contributed by atoms with E-state index in [1.165, 1.54) is 31.2 Å². The number of alkyl halides is 3. The molecule has 0 aliphatic heterocycles. The highest BCUT2D eigenvalue weighted by Crippen LogP contribution is 2.52. The SMILES string of the molecule is CCO[P@@](=O)(Oc1ccccc1)c1c([N+](=O)[O-])cc(C(F)(F)F)cc1[N+](=O)[O-]. The lowest BCUT2D eigenvalue weighted by Crippen LogP contribution is -2.22. The minimum atomic E-state index is -5.11. The van der Waals surface area contributed by atoms with Crippen LogP contribution in [0.4, 0.5) is 24.5 Å². The van der Waals surface area contributed by atoms with Gasteiger partial charge in [-0.25, -0.2) is 4.57 Å². The smallest absolute Gasteiger partial charge is 0.421 e. The Morgan fingerprint density at radius 2 is 1.54 bits per heavy atom. The molecule has 0 saturated carbocycles. The molecule has 0 aliphatic rings. The molecule has 9 nitrogen and oxygen atoms in total. The number of rotatable bonds is 7. The predicted molar refractivity (Wildman–Crippen MR) is 90.7 cm³/mol. The molecule has 0 N–H and O–H groups in total. The van der Waals surface area contributed by atoms with Crippen molar-refractivity contribution in [3.05, 3.63) is 68.3 Å². The average molecular weight is 420 g/mol. The van der Waals surface area contributed by atoms with Crippen molar-refractivity contribution in [1.82, 2.24) is 0 Å². The van der Waals surface area contributed by atoms with Crippen molar-refractivity contribution in [3.63, 3.8) is 0 Å². The fourth-order valence-electron chi connectivity index (χ4n) is 2.25. The maximum Gasteiger partial charge on any atom is 0.424 e. The normalized spacial score (nSPS) is 13.6. The van der Waals surface area contributed by atoms with E-state index >= 15 is 0 Å². The van der Waals surface area contributed by atoms with Crippen molar-refractivity contribution in [2.75, 3.05) is 6.61 Å². The summed E-state index contributed by atoms with van der Waals surface area (Å²) >= 11 is 0. The first-order valence-electron chi connectivity index (χ1n) is 7.53. The summed E-state index contributed by atoms with van der Waals surface area (Å²) in [6.45, 7) is 0.988. The summed E-state index contributed by atoms with van der Waals surface area (Å²) < 4.78 is 62.5. The maximum atomic E-state index is 13.3. The fourth-order valence-corrected chi connectivity index (χ4v) is 4.12. The van der Waals surface area contributed by atoms with Crippen molar-refractivity contribution < 1.29 is 36.6 Å². The van der Waals surface area contributed by atoms with Gasteiger partial charge < -0.3 is 4.52 Å². The van der Waals surface area contributed by atoms with Crippen LogP contribution in [0.25, 0.3) is 0 Å². The van der Waals surface area contributed by atoms with Crippen LogP contribution >= 0.6 is 7.60 Å². The first kappa shape index (κ1) is 21.3. The van der Waals surface area contributed by atoms with Gasteiger partial charge in [0.05, 0.1) is 22.0 Å². The van der Waals surface area contributed by atoms with Crippen molar-refractivity contribution in [3.8, 4) is 5.75 Å². The number of hydrogen-bond acceptors (Lipinski definition) is 7. The molecule has 2 rings (SSSR count). The molecule has 0 saturated heterocycles. The standard InChI is InChI=1S/C15H12F3N2O7P/c1-2-26-28(25,27-11-6-4-3-5-7-11)14-12(19(21)22)8-10(15(16,17)18)9-13(14)20(23)24/h3-9H,2H2,1H3/t28-/m1/s1. The third-order valence-corrected chi connectivity index (χ3v) is 5.39. The van der Waals surface area contributed by atoms with Gasteiger partial charge in [-0.15, -0.1) is 0 Å². The van der Waals surface area contributed by atoms with Gasteiger partial charge >= 0.3 is 13.8 Å². The Bertz CT molecular complexity index is 915. The van der Waals surface area contributed by atoms with Crippen LogP contribution in [0, 0.1) is 20.2 Å². The summed E-state index contributed by atoms with van der Waals surface area (Å²) in [7, 11) is -4.80. The van der Waals surface area contributed by atoms with Crippen molar-refractivity contribution >= 4 is 24.3 Å². The van der Waals surface area contributed by atoms with Crippen LogP contribution in [0.2, 0.25) is 0 Å². The summed E-state index contributed by atoms with van der Waals surface area (Å²) in [5.74, 6) is -0.109. The van der Waals surface area contributed by atoms with Crippen molar-refractivity contribution in [1.29, 1.82) is 0 Å². The molecule has 1 atom stereocenters. The van der Waals surface area contributed by atoms with E-state index in [0.717, 1.165) is 0 Å². The first-order valence-corrected chi connectivity index (χ1v) is 9.07. The van der Waals surface area contributed by atoms with Crippen LogP contribution in [0.15, 0.2) is 42.5 Å². The topological polar surface area (TPSA) is 122 Å². The van der Waals surface area contributed by atoms with Crippen molar-refractivity contribution in [2.45, 2.75) is 13.1 Å². The van der Waals surface area contributed by atoms with E-state index in [0.29, 0.717) is 0 Å². The Morgan fingerprint density at radius 3 is 1.93 bits per heavy atom. The van der Waals surface area contributed by atoms with E-state index in [1.54, 1.807) is 6.07 Å². The molecule has 0 radical (unpaired) electrons. The fraction of sp³-hybridized carbons (Fsp3) is 0.200. The molecule has 0 unspecified atom stereocenters. The number of nitro groups is 2. The highest BCUT2D eigenvalue weighted by molar-refractivity contribution is 7.63. The number of hydrogen-bond donors (Lipinski definition) is 0. The van der Waals surface area contributed by atoms with Gasteiger partial charge in [-0.1, -0.05) is 18.2 Å². The lowest BCUT2D eigenvalue weighted by Gasteiger charge is -2.19.